The second-order valence-corrected chi connectivity index (χ2v) is 4.84. The summed E-state index contributed by atoms with van der Waals surface area (Å²) in [7, 11) is 0. The third-order valence-electron chi connectivity index (χ3n) is 3.34. The van der Waals surface area contributed by atoms with E-state index in [1.54, 1.807) is 0 Å². The highest BCUT2D eigenvalue weighted by Crippen LogP contribution is 2.27. The van der Waals surface area contributed by atoms with Gasteiger partial charge in [-0.25, -0.2) is 0 Å². The predicted octanol–water partition coefficient (Wildman–Crippen LogP) is 0.293. The number of hydrogen-bond donors (Lipinski definition) is 1. The molecule has 1 heterocycles. The van der Waals surface area contributed by atoms with E-state index < -0.39 is 0 Å². The van der Waals surface area contributed by atoms with Crippen molar-refractivity contribution in [2.75, 3.05) is 39.3 Å². The Hall–Kier alpha value is -0.610. The zero-order valence-corrected chi connectivity index (χ0v) is 10.2. The highest BCUT2D eigenvalue weighted by molar-refractivity contribution is 5.79. The van der Waals surface area contributed by atoms with Crippen LogP contribution in [0.1, 0.15) is 26.2 Å². The second kappa shape index (κ2) is 5.64. The van der Waals surface area contributed by atoms with E-state index in [0.29, 0.717) is 18.5 Å². The molecule has 0 radical (unpaired) electrons. The fourth-order valence-electron chi connectivity index (χ4n) is 2.29. The molecule has 0 unspecified atom stereocenters. The predicted molar refractivity (Wildman–Crippen MR) is 64.3 cm³/mol. The first kappa shape index (κ1) is 11.9. The van der Waals surface area contributed by atoms with Crippen LogP contribution in [0.4, 0.5) is 0 Å². The Balaban J connectivity index is 1.79. The molecule has 4 heteroatoms. The number of nitrogens with zero attached hydrogens (tertiary/aromatic N) is 2. The van der Waals surface area contributed by atoms with Gasteiger partial charge in [0.1, 0.15) is 0 Å². The molecule has 16 heavy (non-hydrogen) atoms. The Labute approximate surface area is 98.0 Å². The van der Waals surface area contributed by atoms with Gasteiger partial charge in [0.25, 0.3) is 0 Å². The van der Waals surface area contributed by atoms with Crippen LogP contribution in [-0.2, 0) is 4.79 Å². The minimum Gasteiger partial charge on any atom is -0.339 e. The molecule has 0 aromatic rings. The number of hydrogen-bond acceptors (Lipinski definition) is 3. The van der Waals surface area contributed by atoms with Crippen molar-refractivity contribution in [3.8, 4) is 0 Å². The summed E-state index contributed by atoms with van der Waals surface area (Å²) in [5.41, 5.74) is 0. The van der Waals surface area contributed by atoms with Gasteiger partial charge >= 0.3 is 0 Å². The van der Waals surface area contributed by atoms with Gasteiger partial charge in [0.2, 0.25) is 5.91 Å². The molecule has 2 aliphatic rings. The van der Waals surface area contributed by atoms with Crippen LogP contribution in [0, 0.1) is 0 Å². The zero-order chi connectivity index (χ0) is 11.4. The molecule has 0 aromatic heterocycles. The maximum absolute atomic E-state index is 12.1. The van der Waals surface area contributed by atoms with E-state index in [0.717, 1.165) is 39.1 Å². The van der Waals surface area contributed by atoms with Gasteiger partial charge in [0.15, 0.2) is 0 Å². The van der Waals surface area contributed by atoms with Crippen LogP contribution < -0.4 is 5.32 Å². The summed E-state index contributed by atoms with van der Waals surface area (Å²) in [6.45, 7) is 7.77. The largest absolute Gasteiger partial charge is 0.339 e. The van der Waals surface area contributed by atoms with Gasteiger partial charge < -0.3 is 10.2 Å². The Morgan fingerprint density at radius 1 is 1.38 bits per heavy atom. The quantitative estimate of drug-likeness (QED) is 0.730. The summed E-state index contributed by atoms with van der Waals surface area (Å²) in [6, 6.07) is 0.565. The monoisotopic (exact) mass is 225 g/mol. The van der Waals surface area contributed by atoms with Crippen molar-refractivity contribution in [2.24, 2.45) is 0 Å². The molecule has 1 aliphatic heterocycles. The van der Waals surface area contributed by atoms with Gasteiger partial charge in [-0.15, -0.1) is 0 Å². The summed E-state index contributed by atoms with van der Waals surface area (Å²) in [5, 5.41) is 3.31. The lowest BCUT2D eigenvalue weighted by molar-refractivity contribution is -0.133. The number of amides is 1. The molecule has 1 N–H and O–H groups in total. The second-order valence-electron chi connectivity index (χ2n) is 4.84. The fourth-order valence-corrected chi connectivity index (χ4v) is 2.29. The Morgan fingerprint density at radius 3 is 2.62 bits per heavy atom. The molecule has 0 spiro atoms. The van der Waals surface area contributed by atoms with Crippen molar-refractivity contribution in [3.05, 3.63) is 0 Å². The Kier molecular flexibility index (Phi) is 4.18. The summed E-state index contributed by atoms with van der Waals surface area (Å²) >= 11 is 0. The van der Waals surface area contributed by atoms with Gasteiger partial charge in [-0.3, -0.25) is 9.69 Å². The van der Waals surface area contributed by atoms with Crippen LogP contribution in [0.2, 0.25) is 0 Å². The minimum atomic E-state index is 0.339. The summed E-state index contributed by atoms with van der Waals surface area (Å²) in [5.74, 6) is 0.339. The van der Waals surface area contributed by atoms with Crippen LogP contribution in [0.15, 0.2) is 0 Å². The Morgan fingerprint density at radius 2 is 2.06 bits per heavy atom. The zero-order valence-electron chi connectivity index (χ0n) is 10.2. The van der Waals surface area contributed by atoms with Crippen LogP contribution in [0.3, 0.4) is 0 Å². The van der Waals surface area contributed by atoms with E-state index in [9.17, 15) is 4.79 Å². The number of piperazine rings is 1. The maximum atomic E-state index is 12.1. The van der Waals surface area contributed by atoms with Crippen LogP contribution in [0.25, 0.3) is 0 Å². The summed E-state index contributed by atoms with van der Waals surface area (Å²) in [6.07, 6.45) is 3.50. The standard InChI is InChI=1S/C12H23N3O/c1-2-7-15(11-3-4-11)12(16)10-14-8-5-13-6-9-14/h11,13H,2-10H2,1H3. The van der Waals surface area contributed by atoms with E-state index in [-0.39, 0.29) is 0 Å². The van der Waals surface area contributed by atoms with Crippen LogP contribution in [0.5, 0.6) is 0 Å². The van der Waals surface area contributed by atoms with Gasteiger partial charge in [0, 0.05) is 38.8 Å². The lowest BCUT2D eigenvalue weighted by Gasteiger charge is -2.30. The molecule has 1 amide bonds. The van der Waals surface area contributed by atoms with Crippen molar-refractivity contribution < 1.29 is 4.79 Å². The third kappa shape index (κ3) is 3.19. The molecule has 4 nitrogen and oxygen atoms in total. The van der Waals surface area contributed by atoms with Crippen molar-refractivity contribution in [3.63, 3.8) is 0 Å². The average Bonchev–Trinajstić information content (AvgIpc) is 3.11. The molecule has 1 saturated carbocycles. The lowest BCUT2D eigenvalue weighted by atomic mass is 10.3. The molecule has 1 aliphatic carbocycles. The molecule has 1 saturated heterocycles. The number of carbonyl (C=O) groups excluding carboxylic acids is 1. The lowest BCUT2D eigenvalue weighted by Crippen LogP contribution is -2.49. The van der Waals surface area contributed by atoms with Gasteiger partial charge in [-0.1, -0.05) is 6.92 Å². The fraction of sp³-hybridized carbons (Fsp3) is 0.917. The smallest absolute Gasteiger partial charge is 0.236 e. The molecule has 92 valence electrons. The van der Waals surface area contributed by atoms with Crippen molar-refractivity contribution in [1.29, 1.82) is 0 Å². The summed E-state index contributed by atoms with van der Waals surface area (Å²) in [4.78, 5) is 16.5. The van der Waals surface area contributed by atoms with Gasteiger partial charge in [-0.05, 0) is 19.3 Å². The molecular weight excluding hydrogens is 202 g/mol. The minimum absolute atomic E-state index is 0.339. The third-order valence-corrected chi connectivity index (χ3v) is 3.34. The van der Waals surface area contributed by atoms with Crippen molar-refractivity contribution in [2.45, 2.75) is 32.2 Å². The molecule has 0 atom stereocenters. The first-order valence-corrected chi connectivity index (χ1v) is 6.54. The molecule has 2 rings (SSSR count). The number of carbonyl (C=O) groups is 1. The van der Waals surface area contributed by atoms with Crippen LogP contribution >= 0.6 is 0 Å². The van der Waals surface area contributed by atoms with Crippen molar-refractivity contribution >= 4 is 5.91 Å². The van der Waals surface area contributed by atoms with Crippen molar-refractivity contribution in [1.82, 2.24) is 15.1 Å². The SMILES string of the molecule is CCCN(C(=O)CN1CCNCC1)C1CC1. The van der Waals surface area contributed by atoms with Gasteiger partial charge in [0.05, 0.1) is 6.54 Å². The summed E-state index contributed by atoms with van der Waals surface area (Å²) < 4.78 is 0. The van der Waals surface area contributed by atoms with Crippen LogP contribution in [-0.4, -0.2) is 61.0 Å². The molecule has 0 aromatic carbocycles. The van der Waals surface area contributed by atoms with E-state index in [4.69, 9.17) is 0 Å². The normalized spacial score (nSPS) is 22.1. The van der Waals surface area contributed by atoms with Gasteiger partial charge in [-0.2, -0.15) is 0 Å². The molecule has 2 fully saturated rings. The average molecular weight is 225 g/mol. The molecular formula is C12H23N3O. The van der Waals surface area contributed by atoms with E-state index in [2.05, 4.69) is 22.0 Å². The number of nitrogens with one attached hydrogen (secondary N) is 1. The number of rotatable bonds is 5. The topological polar surface area (TPSA) is 35.6 Å². The molecule has 0 bridgehead atoms. The Bertz CT molecular complexity index is 234. The highest BCUT2D eigenvalue weighted by Gasteiger charge is 2.32. The highest BCUT2D eigenvalue weighted by atomic mass is 16.2. The van der Waals surface area contributed by atoms with E-state index in [1.165, 1.54) is 12.8 Å². The van der Waals surface area contributed by atoms with E-state index >= 15 is 0 Å². The first-order chi connectivity index (χ1) is 7.81. The first-order valence-electron chi connectivity index (χ1n) is 6.54. The maximum Gasteiger partial charge on any atom is 0.236 e. The van der Waals surface area contributed by atoms with E-state index in [1.807, 2.05) is 0 Å².